The van der Waals surface area contributed by atoms with Crippen molar-refractivity contribution in [1.29, 1.82) is 0 Å². The van der Waals surface area contributed by atoms with Crippen LogP contribution in [-0.2, 0) is 12.4 Å². The number of anilines is 1. The lowest BCUT2D eigenvalue weighted by molar-refractivity contribution is -0.142. The van der Waals surface area contributed by atoms with Gasteiger partial charge in [0.15, 0.2) is 17.2 Å². The molecule has 1 aliphatic heterocycles. The van der Waals surface area contributed by atoms with Crippen molar-refractivity contribution < 1.29 is 26.3 Å². The van der Waals surface area contributed by atoms with E-state index in [0.29, 0.717) is 30.9 Å². The summed E-state index contributed by atoms with van der Waals surface area (Å²) >= 11 is 0.943. The molecule has 11 heteroatoms. The molecule has 25 heavy (non-hydrogen) atoms. The van der Waals surface area contributed by atoms with Gasteiger partial charge in [0.2, 0.25) is 0 Å². The fourth-order valence-electron chi connectivity index (χ4n) is 2.64. The summed E-state index contributed by atoms with van der Waals surface area (Å²) in [4.78, 5) is 5.38. The molecule has 1 aliphatic rings. The smallest absolute Gasteiger partial charge is 0.354 e. The molecule has 0 aliphatic carbocycles. The summed E-state index contributed by atoms with van der Waals surface area (Å²) in [7, 11) is 0. The summed E-state index contributed by atoms with van der Waals surface area (Å²) in [5.41, 5.74) is -2.00. The molecule has 0 saturated carbocycles. The molecule has 2 aromatic heterocycles. The van der Waals surface area contributed by atoms with Gasteiger partial charge >= 0.3 is 12.4 Å². The number of alkyl halides is 6. The van der Waals surface area contributed by atoms with E-state index in [1.165, 1.54) is 6.07 Å². The van der Waals surface area contributed by atoms with Crippen LogP contribution in [0.3, 0.4) is 0 Å². The molecular weight excluding hydrogens is 370 g/mol. The Balaban J connectivity index is 1.74. The van der Waals surface area contributed by atoms with Crippen molar-refractivity contribution in [3.05, 3.63) is 33.9 Å². The van der Waals surface area contributed by atoms with Crippen LogP contribution in [0.4, 0.5) is 32.2 Å². The Kier molecular flexibility index (Phi) is 4.60. The summed E-state index contributed by atoms with van der Waals surface area (Å²) in [5, 5.41) is 8.13. The van der Waals surface area contributed by atoms with Crippen molar-refractivity contribution in [3.8, 4) is 0 Å². The predicted octanol–water partition coefficient (Wildman–Crippen LogP) is 4.35. The minimum Gasteiger partial charge on any atom is -0.354 e. The lowest BCUT2D eigenvalue weighted by Crippen LogP contribution is -2.35. The van der Waals surface area contributed by atoms with Crippen LogP contribution in [0.15, 0.2) is 17.5 Å². The molecule has 0 spiro atoms. The second-order valence-electron chi connectivity index (χ2n) is 5.63. The van der Waals surface area contributed by atoms with Crippen molar-refractivity contribution in [2.24, 2.45) is 0 Å². The number of hydrogen-bond acceptors (Lipinski definition) is 5. The predicted molar refractivity (Wildman–Crippen MR) is 78.3 cm³/mol. The number of thiazole rings is 1. The van der Waals surface area contributed by atoms with Crippen LogP contribution in [0.1, 0.15) is 35.2 Å². The van der Waals surface area contributed by atoms with Crippen LogP contribution < -0.4 is 4.90 Å². The van der Waals surface area contributed by atoms with E-state index in [9.17, 15) is 26.3 Å². The van der Waals surface area contributed by atoms with Crippen molar-refractivity contribution in [2.45, 2.75) is 31.1 Å². The normalized spacial score (nSPS) is 19.3. The van der Waals surface area contributed by atoms with Gasteiger partial charge < -0.3 is 4.90 Å². The minimum atomic E-state index is -4.56. The van der Waals surface area contributed by atoms with Gasteiger partial charge in [0.1, 0.15) is 0 Å². The van der Waals surface area contributed by atoms with E-state index in [0.717, 1.165) is 22.8 Å². The van der Waals surface area contributed by atoms with Gasteiger partial charge in [-0.3, -0.25) is 0 Å². The van der Waals surface area contributed by atoms with E-state index in [1.807, 2.05) is 0 Å². The van der Waals surface area contributed by atoms with Crippen LogP contribution >= 0.6 is 11.3 Å². The van der Waals surface area contributed by atoms with Crippen LogP contribution in [0.2, 0.25) is 0 Å². The summed E-state index contributed by atoms with van der Waals surface area (Å²) in [5.74, 6) is 0.0456. The van der Waals surface area contributed by atoms with Gasteiger partial charge in [0.05, 0.1) is 5.01 Å². The second kappa shape index (κ2) is 6.43. The number of halogens is 6. The quantitative estimate of drug-likeness (QED) is 0.724. The molecule has 4 nitrogen and oxygen atoms in total. The summed E-state index contributed by atoms with van der Waals surface area (Å²) < 4.78 is 75.6. The molecular formula is C14H12F6N4S. The Morgan fingerprint density at radius 1 is 1.00 bits per heavy atom. The molecule has 1 unspecified atom stereocenters. The minimum absolute atomic E-state index is 0.223. The van der Waals surface area contributed by atoms with Crippen LogP contribution in [0, 0.1) is 0 Å². The third kappa shape index (κ3) is 4.02. The maximum Gasteiger partial charge on any atom is 0.435 e. The summed E-state index contributed by atoms with van der Waals surface area (Å²) in [6.07, 6.45) is -7.71. The van der Waals surface area contributed by atoms with Gasteiger partial charge in [-0.2, -0.15) is 26.3 Å². The first-order chi connectivity index (χ1) is 11.6. The number of piperidine rings is 1. The molecule has 2 aromatic rings. The van der Waals surface area contributed by atoms with Crippen LogP contribution in [-0.4, -0.2) is 28.3 Å². The maximum atomic E-state index is 12.7. The third-order valence-corrected chi connectivity index (χ3v) is 4.86. The van der Waals surface area contributed by atoms with E-state index in [1.54, 1.807) is 4.90 Å². The standard InChI is InChI=1S/C14H12F6N4S/c15-13(16,17)9-3-4-11(23-22-9)24-5-1-2-8(6-24)12-21-10(7-25-12)14(18,19)20/h3-4,7-8H,1-2,5-6H2. The van der Waals surface area contributed by atoms with Gasteiger partial charge in [-0.15, -0.1) is 21.5 Å². The zero-order valence-electron chi connectivity index (χ0n) is 12.6. The Hall–Kier alpha value is -1.91. The highest BCUT2D eigenvalue weighted by molar-refractivity contribution is 7.09. The highest BCUT2D eigenvalue weighted by atomic mass is 32.1. The molecule has 0 amide bonds. The SMILES string of the molecule is FC(F)(F)c1ccc(N2CCCC(c3nc(C(F)(F)F)cs3)C2)nn1. The monoisotopic (exact) mass is 382 g/mol. The van der Waals surface area contributed by atoms with E-state index < -0.39 is 23.7 Å². The summed E-state index contributed by atoms with van der Waals surface area (Å²) in [6, 6.07) is 2.07. The number of aromatic nitrogens is 3. The van der Waals surface area contributed by atoms with Crippen LogP contribution in [0.5, 0.6) is 0 Å². The third-order valence-electron chi connectivity index (χ3n) is 3.85. The zero-order chi connectivity index (χ0) is 18.2. The molecule has 0 radical (unpaired) electrons. The van der Waals surface area contributed by atoms with Crippen molar-refractivity contribution in [3.63, 3.8) is 0 Å². The Morgan fingerprint density at radius 2 is 1.72 bits per heavy atom. The van der Waals surface area contributed by atoms with Gasteiger partial charge in [0.25, 0.3) is 0 Å². The lowest BCUT2D eigenvalue weighted by Gasteiger charge is -2.32. The van der Waals surface area contributed by atoms with E-state index in [2.05, 4.69) is 15.2 Å². The summed E-state index contributed by atoms with van der Waals surface area (Å²) in [6.45, 7) is 0.888. The highest BCUT2D eigenvalue weighted by Crippen LogP contribution is 2.36. The number of nitrogens with zero attached hydrogens (tertiary/aromatic N) is 4. The first kappa shape index (κ1) is 17.9. The Bertz CT molecular complexity index is 724. The Morgan fingerprint density at radius 3 is 2.28 bits per heavy atom. The van der Waals surface area contributed by atoms with Crippen molar-refractivity contribution in [1.82, 2.24) is 15.2 Å². The first-order valence-electron chi connectivity index (χ1n) is 7.33. The van der Waals surface area contributed by atoms with Crippen molar-refractivity contribution in [2.75, 3.05) is 18.0 Å². The van der Waals surface area contributed by atoms with Crippen molar-refractivity contribution >= 4 is 17.2 Å². The van der Waals surface area contributed by atoms with Gasteiger partial charge in [-0.25, -0.2) is 4.98 Å². The maximum absolute atomic E-state index is 12.7. The first-order valence-corrected chi connectivity index (χ1v) is 8.21. The van der Waals surface area contributed by atoms with Gasteiger partial charge in [-0.05, 0) is 25.0 Å². The molecule has 3 heterocycles. The fraction of sp³-hybridized carbons (Fsp3) is 0.500. The van der Waals surface area contributed by atoms with Gasteiger partial charge in [-0.1, -0.05) is 0 Å². The van der Waals surface area contributed by atoms with Gasteiger partial charge in [0, 0.05) is 24.4 Å². The molecule has 1 fully saturated rings. The molecule has 1 atom stereocenters. The topological polar surface area (TPSA) is 41.9 Å². The average molecular weight is 382 g/mol. The fourth-order valence-corrected chi connectivity index (χ4v) is 3.59. The molecule has 136 valence electrons. The van der Waals surface area contributed by atoms with E-state index >= 15 is 0 Å². The molecule has 0 aromatic carbocycles. The van der Waals surface area contributed by atoms with E-state index in [-0.39, 0.29) is 11.7 Å². The Labute approximate surface area is 142 Å². The molecule has 0 N–H and O–H groups in total. The molecule has 0 bridgehead atoms. The highest BCUT2D eigenvalue weighted by Gasteiger charge is 2.36. The van der Waals surface area contributed by atoms with Crippen LogP contribution in [0.25, 0.3) is 0 Å². The number of rotatable bonds is 2. The zero-order valence-corrected chi connectivity index (χ0v) is 13.4. The average Bonchev–Trinajstić information content (AvgIpc) is 3.05. The largest absolute Gasteiger partial charge is 0.435 e. The van der Waals surface area contributed by atoms with E-state index in [4.69, 9.17) is 0 Å². The number of hydrogen-bond donors (Lipinski definition) is 0. The second-order valence-corrected chi connectivity index (χ2v) is 6.52. The molecule has 1 saturated heterocycles. The molecule has 3 rings (SSSR count). The lowest BCUT2D eigenvalue weighted by atomic mass is 9.99.